The van der Waals surface area contributed by atoms with Crippen molar-refractivity contribution in [2.24, 2.45) is 0 Å². The number of aryl methyl sites for hydroxylation is 1. The first-order valence-corrected chi connectivity index (χ1v) is 6.36. The van der Waals surface area contributed by atoms with Gasteiger partial charge in [0.25, 0.3) is 0 Å². The summed E-state index contributed by atoms with van der Waals surface area (Å²) in [6.07, 6.45) is 6.92. The molecule has 0 aromatic heterocycles. The second kappa shape index (κ2) is 3.97. The second-order valence-electron chi connectivity index (χ2n) is 5.03. The van der Waals surface area contributed by atoms with Gasteiger partial charge in [-0.15, -0.1) is 0 Å². The Labute approximate surface area is 91.9 Å². The van der Waals surface area contributed by atoms with Crippen LogP contribution in [0, 0.1) is 0 Å². The molecule has 0 unspecified atom stereocenters. The van der Waals surface area contributed by atoms with E-state index in [1.165, 1.54) is 38.6 Å². The molecule has 80 valence electrons. The molecule has 0 spiro atoms. The van der Waals surface area contributed by atoms with E-state index in [0.29, 0.717) is 0 Å². The highest BCUT2D eigenvalue weighted by atomic mass is 14.9. The average Bonchev–Trinajstić information content (AvgIpc) is 2.48. The third-order valence-corrected chi connectivity index (χ3v) is 4.14. The van der Waals surface area contributed by atoms with Crippen molar-refractivity contribution in [3.8, 4) is 0 Å². The summed E-state index contributed by atoms with van der Waals surface area (Å²) < 4.78 is 0. The van der Waals surface area contributed by atoms with Crippen LogP contribution in [0.15, 0.2) is 24.3 Å². The first-order valence-electron chi connectivity index (χ1n) is 6.36. The smallest absolute Gasteiger partial charge is 0.0928 e. The molecule has 15 heavy (non-hydrogen) atoms. The van der Waals surface area contributed by atoms with Gasteiger partial charge in [0.15, 0.2) is 0 Å². The van der Waals surface area contributed by atoms with Gasteiger partial charge >= 0.3 is 0 Å². The molecule has 0 amide bonds. The number of quaternary nitrogens is 1. The molecule has 1 aromatic rings. The van der Waals surface area contributed by atoms with Gasteiger partial charge in [-0.25, -0.2) is 0 Å². The first kappa shape index (κ1) is 9.41. The van der Waals surface area contributed by atoms with Crippen molar-refractivity contribution in [1.82, 2.24) is 0 Å². The molecule has 1 aromatic carbocycles. The second-order valence-corrected chi connectivity index (χ2v) is 5.03. The molecule has 2 aliphatic rings. The number of hydrogen-bond acceptors (Lipinski definition) is 0. The normalized spacial score (nSPS) is 30.1. The highest BCUT2D eigenvalue weighted by Crippen LogP contribution is 2.33. The number of nitrogens with two attached hydrogens (primary N) is 1. The predicted octanol–water partition coefficient (Wildman–Crippen LogP) is 1.83. The zero-order valence-electron chi connectivity index (χ0n) is 9.28. The molecule has 3 rings (SSSR count). The van der Waals surface area contributed by atoms with Crippen molar-refractivity contribution in [3.05, 3.63) is 35.4 Å². The van der Waals surface area contributed by atoms with Crippen LogP contribution >= 0.6 is 0 Å². The van der Waals surface area contributed by atoms with Crippen molar-refractivity contribution in [1.29, 1.82) is 0 Å². The molecule has 2 N–H and O–H groups in total. The van der Waals surface area contributed by atoms with E-state index < -0.39 is 0 Å². The molecule has 0 bridgehead atoms. The van der Waals surface area contributed by atoms with Crippen LogP contribution in [0.5, 0.6) is 0 Å². The predicted molar refractivity (Wildman–Crippen MR) is 61.9 cm³/mol. The van der Waals surface area contributed by atoms with E-state index >= 15 is 0 Å². The lowest BCUT2D eigenvalue weighted by Crippen LogP contribution is -2.92. The number of benzene rings is 1. The molecule has 1 heteroatoms. The summed E-state index contributed by atoms with van der Waals surface area (Å²) >= 11 is 0. The summed E-state index contributed by atoms with van der Waals surface area (Å²) in [5.74, 6) is 0.845. The standard InChI is InChI=1S/C14H19N/c1-2-7-12-11(5-1)6-3-9-14-13(12)8-4-10-15-14/h1-2,5,7,13-15H,3-4,6,8-10H2/p+1/t13-,14+/m0/s1. The van der Waals surface area contributed by atoms with Gasteiger partial charge in [0, 0.05) is 12.3 Å². The van der Waals surface area contributed by atoms with Crippen LogP contribution in [0.3, 0.4) is 0 Å². The highest BCUT2D eigenvalue weighted by Gasteiger charge is 2.32. The van der Waals surface area contributed by atoms with E-state index in [2.05, 4.69) is 29.6 Å². The van der Waals surface area contributed by atoms with Gasteiger partial charge in [-0.1, -0.05) is 24.3 Å². The molecular formula is C14H20N+. The Morgan fingerprint density at radius 2 is 2.00 bits per heavy atom. The molecule has 1 saturated heterocycles. The molecule has 1 fully saturated rings. The fourth-order valence-corrected chi connectivity index (χ4v) is 3.41. The van der Waals surface area contributed by atoms with Gasteiger partial charge in [0.2, 0.25) is 0 Å². The van der Waals surface area contributed by atoms with Gasteiger partial charge < -0.3 is 5.32 Å². The fourth-order valence-electron chi connectivity index (χ4n) is 3.41. The summed E-state index contributed by atoms with van der Waals surface area (Å²) in [5, 5.41) is 2.59. The Balaban J connectivity index is 1.99. The zero-order chi connectivity index (χ0) is 10.1. The quantitative estimate of drug-likeness (QED) is 0.661. The van der Waals surface area contributed by atoms with E-state index in [0.717, 1.165) is 12.0 Å². The van der Waals surface area contributed by atoms with E-state index in [-0.39, 0.29) is 0 Å². The molecule has 1 nitrogen and oxygen atoms in total. The Hall–Kier alpha value is -0.820. The van der Waals surface area contributed by atoms with Gasteiger partial charge in [-0.3, -0.25) is 0 Å². The lowest BCUT2D eigenvalue weighted by Gasteiger charge is -2.29. The first-order chi connectivity index (χ1) is 7.45. The summed E-state index contributed by atoms with van der Waals surface area (Å²) in [7, 11) is 0. The van der Waals surface area contributed by atoms with Crippen LogP contribution in [0.4, 0.5) is 0 Å². The van der Waals surface area contributed by atoms with E-state index in [1.807, 2.05) is 0 Å². The number of rotatable bonds is 0. The van der Waals surface area contributed by atoms with E-state index in [4.69, 9.17) is 0 Å². The molecule has 1 aliphatic heterocycles. The molecule has 0 saturated carbocycles. The molecule has 1 heterocycles. The minimum Gasteiger partial charge on any atom is -0.343 e. The maximum atomic E-state index is 2.59. The fraction of sp³-hybridized carbons (Fsp3) is 0.571. The van der Waals surface area contributed by atoms with Crippen molar-refractivity contribution in [2.75, 3.05) is 6.54 Å². The monoisotopic (exact) mass is 202 g/mol. The van der Waals surface area contributed by atoms with Crippen LogP contribution in [0.2, 0.25) is 0 Å². The number of fused-ring (bicyclic) bond motifs is 3. The maximum Gasteiger partial charge on any atom is 0.0928 e. The van der Waals surface area contributed by atoms with Gasteiger partial charge in [-0.2, -0.15) is 0 Å². The summed E-state index contributed by atoms with van der Waals surface area (Å²) in [5.41, 5.74) is 3.29. The minimum atomic E-state index is 0.845. The van der Waals surface area contributed by atoms with Crippen LogP contribution in [-0.2, 0) is 6.42 Å². The number of hydrogen-bond donors (Lipinski definition) is 1. The molecular weight excluding hydrogens is 182 g/mol. The lowest BCUT2D eigenvalue weighted by atomic mass is 9.83. The Bertz CT molecular complexity index is 345. The largest absolute Gasteiger partial charge is 0.343 e. The van der Waals surface area contributed by atoms with E-state index in [1.54, 1.807) is 11.1 Å². The van der Waals surface area contributed by atoms with E-state index in [9.17, 15) is 0 Å². The van der Waals surface area contributed by atoms with Crippen LogP contribution < -0.4 is 5.32 Å². The van der Waals surface area contributed by atoms with Crippen LogP contribution in [0.1, 0.15) is 42.7 Å². The van der Waals surface area contributed by atoms with Gasteiger partial charge in [-0.05, 0) is 36.8 Å². The SMILES string of the molecule is c1ccc2c(c1)CCC[C@H]1[NH2+]CCC[C@@H]21. The Kier molecular flexibility index (Phi) is 2.49. The number of piperidine rings is 1. The van der Waals surface area contributed by atoms with Crippen molar-refractivity contribution in [3.63, 3.8) is 0 Å². The topological polar surface area (TPSA) is 16.6 Å². The summed E-state index contributed by atoms with van der Waals surface area (Å²) in [6, 6.07) is 10.0. The molecule has 0 radical (unpaired) electrons. The Morgan fingerprint density at radius 1 is 1.07 bits per heavy atom. The third-order valence-electron chi connectivity index (χ3n) is 4.14. The summed E-state index contributed by atoms with van der Waals surface area (Å²) in [4.78, 5) is 0. The molecule has 2 atom stereocenters. The highest BCUT2D eigenvalue weighted by molar-refractivity contribution is 5.32. The van der Waals surface area contributed by atoms with Crippen molar-refractivity contribution in [2.45, 2.75) is 44.1 Å². The third kappa shape index (κ3) is 1.69. The average molecular weight is 202 g/mol. The van der Waals surface area contributed by atoms with Gasteiger partial charge in [0.05, 0.1) is 12.6 Å². The summed E-state index contributed by atoms with van der Waals surface area (Å²) in [6.45, 7) is 1.35. The Morgan fingerprint density at radius 3 is 3.00 bits per heavy atom. The zero-order valence-corrected chi connectivity index (χ0v) is 9.28. The van der Waals surface area contributed by atoms with Crippen molar-refractivity contribution >= 4 is 0 Å². The molecule has 1 aliphatic carbocycles. The van der Waals surface area contributed by atoms with Crippen LogP contribution in [0.25, 0.3) is 0 Å². The lowest BCUT2D eigenvalue weighted by molar-refractivity contribution is -0.700. The van der Waals surface area contributed by atoms with Crippen molar-refractivity contribution < 1.29 is 5.32 Å². The van der Waals surface area contributed by atoms with Crippen LogP contribution in [-0.4, -0.2) is 12.6 Å². The van der Waals surface area contributed by atoms with Gasteiger partial charge in [0.1, 0.15) is 0 Å². The maximum absolute atomic E-state index is 2.59. The minimum absolute atomic E-state index is 0.845.